The normalized spacial score (nSPS) is 10.9. The highest BCUT2D eigenvalue weighted by Gasteiger charge is 2.12. The SMILES string of the molecule is O=C(NCCc1nc(-c2ccncc2)cs1)c1ccc(COc2ccc3ccccc3c2)o1. The summed E-state index contributed by atoms with van der Waals surface area (Å²) in [4.78, 5) is 21.1. The van der Waals surface area contributed by atoms with Crippen LogP contribution in [0.15, 0.2) is 88.9 Å². The van der Waals surface area contributed by atoms with Gasteiger partial charge in [-0.05, 0) is 47.2 Å². The summed E-state index contributed by atoms with van der Waals surface area (Å²) in [6.45, 7) is 0.730. The summed E-state index contributed by atoms with van der Waals surface area (Å²) < 4.78 is 11.5. The van der Waals surface area contributed by atoms with Crippen LogP contribution >= 0.6 is 11.3 Å². The highest BCUT2D eigenvalue weighted by atomic mass is 32.1. The Bertz CT molecular complexity index is 1380. The Morgan fingerprint density at radius 1 is 1.00 bits per heavy atom. The quantitative estimate of drug-likeness (QED) is 0.334. The number of aromatic nitrogens is 2. The van der Waals surface area contributed by atoms with E-state index in [-0.39, 0.29) is 18.3 Å². The smallest absolute Gasteiger partial charge is 0.287 e. The predicted molar refractivity (Wildman–Crippen MR) is 128 cm³/mol. The first-order valence-corrected chi connectivity index (χ1v) is 11.5. The molecule has 0 aliphatic heterocycles. The second kappa shape index (κ2) is 9.67. The number of nitrogens with one attached hydrogen (secondary N) is 1. The summed E-state index contributed by atoms with van der Waals surface area (Å²) in [6.07, 6.45) is 4.15. The van der Waals surface area contributed by atoms with Crippen LogP contribution in [0.5, 0.6) is 5.75 Å². The van der Waals surface area contributed by atoms with Crippen molar-refractivity contribution in [2.75, 3.05) is 6.54 Å². The van der Waals surface area contributed by atoms with E-state index in [1.165, 1.54) is 0 Å². The molecule has 0 atom stereocenters. The van der Waals surface area contributed by atoms with Gasteiger partial charge in [0.25, 0.3) is 5.91 Å². The number of rotatable bonds is 8. The van der Waals surface area contributed by atoms with Crippen molar-refractivity contribution in [1.82, 2.24) is 15.3 Å². The summed E-state index contributed by atoms with van der Waals surface area (Å²) in [5.41, 5.74) is 1.95. The van der Waals surface area contributed by atoms with Crippen molar-refractivity contribution in [3.63, 3.8) is 0 Å². The molecule has 0 saturated heterocycles. The Morgan fingerprint density at radius 3 is 2.73 bits per heavy atom. The number of carbonyl (C=O) groups is 1. The zero-order valence-electron chi connectivity index (χ0n) is 17.7. The van der Waals surface area contributed by atoms with Gasteiger partial charge in [-0.3, -0.25) is 9.78 Å². The molecule has 7 heteroatoms. The van der Waals surface area contributed by atoms with E-state index >= 15 is 0 Å². The molecule has 6 nitrogen and oxygen atoms in total. The molecule has 0 spiro atoms. The van der Waals surface area contributed by atoms with Gasteiger partial charge in [-0.2, -0.15) is 0 Å². The molecule has 0 aliphatic rings. The van der Waals surface area contributed by atoms with Gasteiger partial charge in [0.1, 0.15) is 18.1 Å². The minimum Gasteiger partial charge on any atom is -0.486 e. The third-order valence-electron chi connectivity index (χ3n) is 5.14. The fourth-order valence-corrected chi connectivity index (χ4v) is 4.25. The van der Waals surface area contributed by atoms with Crippen LogP contribution in [-0.2, 0) is 13.0 Å². The molecule has 164 valence electrons. The first-order chi connectivity index (χ1) is 16.2. The van der Waals surface area contributed by atoms with Crippen LogP contribution in [0.3, 0.4) is 0 Å². The molecule has 33 heavy (non-hydrogen) atoms. The predicted octanol–water partition coefficient (Wildman–Crippen LogP) is 5.50. The van der Waals surface area contributed by atoms with Gasteiger partial charge in [-0.15, -0.1) is 11.3 Å². The lowest BCUT2D eigenvalue weighted by Crippen LogP contribution is -2.25. The number of ether oxygens (including phenoxy) is 1. The summed E-state index contributed by atoms with van der Waals surface area (Å²) in [5.74, 6) is 1.36. The van der Waals surface area contributed by atoms with Crippen LogP contribution < -0.4 is 10.1 Å². The maximum absolute atomic E-state index is 12.4. The summed E-state index contributed by atoms with van der Waals surface area (Å²) in [6, 6.07) is 21.3. The van der Waals surface area contributed by atoms with Crippen LogP contribution in [0.4, 0.5) is 0 Å². The molecule has 1 N–H and O–H groups in total. The third-order valence-corrected chi connectivity index (χ3v) is 6.05. The van der Waals surface area contributed by atoms with Crippen LogP contribution in [0.25, 0.3) is 22.0 Å². The number of thiazole rings is 1. The monoisotopic (exact) mass is 455 g/mol. The standard InChI is InChI=1S/C26H21N3O3S/c30-26(28-14-11-25-29-23(17-33-25)19-9-12-27-13-10-19)24-8-7-22(32-24)16-31-21-6-5-18-3-1-2-4-20(18)15-21/h1-10,12-13,15,17H,11,14,16H2,(H,28,30). The minimum atomic E-state index is -0.252. The minimum absolute atomic E-state index is 0.252. The number of furan rings is 1. The van der Waals surface area contributed by atoms with Gasteiger partial charge in [-0.1, -0.05) is 30.3 Å². The van der Waals surface area contributed by atoms with Crippen molar-refractivity contribution >= 4 is 28.0 Å². The van der Waals surface area contributed by atoms with E-state index in [0.717, 1.165) is 32.8 Å². The fourth-order valence-electron chi connectivity index (χ4n) is 3.44. The Labute approximate surface area is 194 Å². The van der Waals surface area contributed by atoms with Gasteiger partial charge in [0.2, 0.25) is 0 Å². The van der Waals surface area contributed by atoms with Gasteiger partial charge in [0.05, 0.1) is 10.7 Å². The molecule has 5 aromatic rings. The fraction of sp³-hybridized carbons (Fsp3) is 0.115. The van der Waals surface area contributed by atoms with Crippen molar-refractivity contribution < 1.29 is 13.9 Å². The Morgan fingerprint density at radius 2 is 1.85 bits per heavy atom. The summed E-state index contributed by atoms with van der Waals surface area (Å²) in [7, 11) is 0. The van der Waals surface area contributed by atoms with Crippen molar-refractivity contribution in [3.05, 3.63) is 101 Å². The van der Waals surface area contributed by atoms with Crippen LogP contribution in [-0.4, -0.2) is 22.4 Å². The molecule has 3 heterocycles. The largest absolute Gasteiger partial charge is 0.486 e. The van der Waals surface area contributed by atoms with E-state index in [4.69, 9.17) is 9.15 Å². The third kappa shape index (κ3) is 5.10. The van der Waals surface area contributed by atoms with Crippen LogP contribution in [0.1, 0.15) is 21.3 Å². The highest BCUT2D eigenvalue weighted by Crippen LogP contribution is 2.22. The maximum Gasteiger partial charge on any atom is 0.287 e. The molecular formula is C26H21N3O3S. The van der Waals surface area contributed by atoms with Crippen molar-refractivity contribution in [2.45, 2.75) is 13.0 Å². The average molecular weight is 456 g/mol. The zero-order chi connectivity index (χ0) is 22.5. The molecule has 0 saturated carbocycles. The van der Waals surface area contributed by atoms with E-state index < -0.39 is 0 Å². The zero-order valence-corrected chi connectivity index (χ0v) is 18.5. The number of benzene rings is 2. The van der Waals surface area contributed by atoms with Crippen molar-refractivity contribution in [3.8, 4) is 17.0 Å². The Hall–Kier alpha value is -3.97. The number of hydrogen-bond donors (Lipinski definition) is 1. The van der Waals surface area contributed by atoms with E-state index in [2.05, 4.69) is 21.4 Å². The van der Waals surface area contributed by atoms with E-state index in [0.29, 0.717) is 18.7 Å². The van der Waals surface area contributed by atoms with E-state index in [9.17, 15) is 4.79 Å². The number of amides is 1. The lowest BCUT2D eigenvalue weighted by Gasteiger charge is -2.06. The molecule has 0 unspecified atom stereocenters. The molecule has 1 amide bonds. The summed E-state index contributed by atoms with van der Waals surface area (Å²) >= 11 is 1.58. The molecule has 0 radical (unpaired) electrons. The number of pyridine rings is 1. The second-order valence-electron chi connectivity index (χ2n) is 7.43. The molecule has 0 bridgehead atoms. The van der Waals surface area contributed by atoms with Crippen LogP contribution in [0.2, 0.25) is 0 Å². The average Bonchev–Trinajstić information content (AvgIpc) is 3.53. The number of carbonyl (C=O) groups excluding carboxylic acids is 1. The van der Waals surface area contributed by atoms with Gasteiger partial charge in [0.15, 0.2) is 5.76 Å². The van der Waals surface area contributed by atoms with E-state index in [1.54, 1.807) is 35.9 Å². The second-order valence-corrected chi connectivity index (χ2v) is 8.37. The van der Waals surface area contributed by atoms with Gasteiger partial charge in [0, 0.05) is 36.3 Å². The highest BCUT2D eigenvalue weighted by molar-refractivity contribution is 7.09. The molecule has 0 fully saturated rings. The van der Waals surface area contributed by atoms with Crippen molar-refractivity contribution in [2.24, 2.45) is 0 Å². The lowest BCUT2D eigenvalue weighted by atomic mass is 10.1. The number of fused-ring (bicyclic) bond motifs is 1. The van der Waals surface area contributed by atoms with Gasteiger partial charge >= 0.3 is 0 Å². The molecular weight excluding hydrogens is 434 g/mol. The van der Waals surface area contributed by atoms with Gasteiger partial charge < -0.3 is 14.5 Å². The molecule has 5 rings (SSSR count). The maximum atomic E-state index is 12.4. The van der Waals surface area contributed by atoms with Gasteiger partial charge in [-0.25, -0.2) is 4.98 Å². The topological polar surface area (TPSA) is 77.2 Å². The number of nitrogens with zero attached hydrogens (tertiary/aromatic N) is 2. The van der Waals surface area contributed by atoms with Crippen molar-refractivity contribution in [1.29, 1.82) is 0 Å². The molecule has 0 aliphatic carbocycles. The Balaban J connectivity index is 1.11. The van der Waals surface area contributed by atoms with Crippen LogP contribution in [0, 0.1) is 0 Å². The molecule has 2 aromatic carbocycles. The summed E-state index contributed by atoms with van der Waals surface area (Å²) in [5, 5.41) is 8.14. The first kappa shape index (κ1) is 20.9. The molecule has 3 aromatic heterocycles. The lowest BCUT2D eigenvalue weighted by molar-refractivity contribution is 0.0922. The van der Waals surface area contributed by atoms with E-state index in [1.807, 2.05) is 53.9 Å². The first-order valence-electron chi connectivity index (χ1n) is 10.6. The Kier molecular flexibility index (Phi) is 6.12. The number of hydrogen-bond acceptors (Lipinski definition) is 6.